The van der Waals surface area contributed by atoms with Gasteiger partial charge in [0.1, 0.15) is 0 Å². The van der Waals surface area contributed by atoms with Crippen molar-refractivity contribution in [3.63, 3.8) is 0 Å². The van der Waals surface area contributed by atoms with Gasteiger partial charge in [0.25, 0.3) is 0 Å². The highest BCUT2D eigenvalue weighted by Crippen LogP contribution is 2.17. The molecule has 0 spiro atoms. The van der Waals surface area contributed by atoms with Gasteiger partial charge in [-0.25, -0.2) is 0 Å². The van der Waals surface area contributed by atoms with Crippen LogP contribution in [0.15, 0.2) is 5.11 Å². The molecule has 0 aliphatic carbocycles. The Bertz CT molecular complexity index is 237. The fourth-order valence-corrected chi connectivity index (χ4v) is 1.39. The molecule has 0 aliphatic rings. The first-order valence-electron chi connectivity index (χ1n) is 5.38. The molecular formula is C10H19N3O2. The molecule has 2 atom stereocenters. The molecule has 0 aromatic rings. The monoisotopic (exact) mass is 213 g/mol. The minimum Gasteiger partial charge on any atom is -0.466 e. The molecule has 0 saturated heterocycles. The summed E-state index contributed by atoms with van der Waals surface area (Å²) in [5.41, 5.74) is 8.33. The summed E-state index contributed by atoms with van der Waals surface area (Å²) >= 11 is 0. The van der Waals surface area contributed by atoms with Crippen molar-refractivity contribution >= 4 is 5.97 Å². The van der Waals surface area contributed by atoms with Gasteiger partial charge < -0.3 is 4.74 Å². The number of hydrogen-bond donors (Lipinski definition) is 0. The van der Waals surface area contributed by atoms with Crippen molar-refractivity contribution in [2.75, 3.05) is 6.61 Å². The van der Waals surface area contributed by atoms with Gasteiger partial charge in [-0.15, -0.1) is 0 Å². The summed E-state index contributed by atoms with van der Waals surface area (Å²) in [5.74, 6) is -0.563. The average Bonchev–Trinajstić information content (AvgIpc) is 2.19. The molecule has 0 heterocycles. The van der Waals surface area contributed by atoms with Gasteiger partial charge in [0.15, 0.2) is 0 Å². The predicted molar refractivity (Wildman–Crippen MR) is 58.3 cm³/mol. The standard InChI is InChI=1S/C10H19N3O2/c1-4-6-7-9(8(3)12-13-11)10(14)15-5-2/h8-9H,4-7H2,1-3H3/t8-,9+/m0/s1. The van der Waals surface area contributed by atoms with Gasteiger partial charge in [0.2, 0.25) is 0 Å². The van der Waals surface area contributed by atoms with E-state index in [-0.39, 0.29) is 17.9 Å². The third-order valence-electron chi connectivity index (χ3n) is 2.27. The van der Waals surface area contributed by atoms with Crippen molar-refractivity contribution in [2.45, 2.75) is 46.1 Å². The third-order valence-corrected chi connectivity index (χ3v) is 2.27. The van der Waals surface area contributed by atoms with Crippen LogP contribution >= 0.6 is 0 Å². The van der Waals surface area contributed by atoms with Crippen LogP contribution in [0.1, 0.15) is 40.0 Å². The predicted octanol–water partition coefficient (Wildman–Crippen LogP) is 3.05. The van der Waals surface area contributed by atoms with Crippen LogP contribution in [0.5, 0.6) is 0 Å². The molecule has 0 rings (SSSR count). The van der Waals surface area contributed by atoms with Crippen LogP contribution in [0.4, 0.5) is 0 Å². The van der Waals surface area contributed by atoms with Gasteiger partial charge >= 0.3 is 5.97 Å². The Hall–Kier alpha value is -1.22. The lowest BCUT2D eigenvalue weighted by atomic mass is 9.95. The first kappa shape index (κ1) is 13.8. The third kappa shape index (κ3) is 5.27. The molecule has 0 amide bonds. The largest absolute Gasteiger partial charge is 0.466 e. The molecule has 0 bridgehead atoms. The van der Waals surface area contributed by atoms with Crippen molar-refractivity contribution in [3.05, 3.63) is 10.4 Å². The molecule has 5 nitrogen and oxygen atoms in total. The Morgan fingerprint density at radius 2 is 2.20 bits per heavy atom. The maximum atomic E-state index is 11.6. The van der Waals surface area contributed by atoms with Gasteiger partial charge in [-0.2, -0.15) is 0 Å². The Kier molecular flexibility index (Phi) is 7.46. The maximum absolute atomic E-state index is 11.6. The van der Waals surface area contributed by atoms with Crippen LogP contribution < -0.4 is 0 Å². The van der Waals surface area contributed by atoms with Gasteiger partial charge in [-0.1, -0.05) is 31.8 Å². The smallest absolute Gasteiger partial charge is 0.309 e. The average molecular weight is 213 g/mol. The number of hydrogen-bond acceptors (Lipinski definition) is 3. The number of ether oxygens (including phenoxy) is 1. The number of rotatable bonds is 7. The Balaban J connectivity index is 4.40. The summed E-state index contributed by atoms with van der Waals surface area (Å²) in [6.45, 7) is 5.94. The summed E-state index contributed by atoms with van der Waals surface area (Å²) in [6.07, 6.45) is 2.67. The second-order valence-corrected chi connectivity index (χ2v) is 3.45. The number of esters is 1. The Labute approximate surface area is 90.4 Å². The van der Waals surface area contributed by atoms with E-state index in [1.165, 1.54) is 0 Å². The SMILES string of the molecule is CCCC[C@@H](C(=O)OCC)[C@H](C)N=[N+]=[N-]. The molecule has 0 N–H and O–H groups in total. The van der Waals surface area contributed by atoms with Crippen molar-refractivity contribution in [1.82, 2.24) is 0 Å². The highest BCUT2D eigenvalue weighted by molar-refractivity contribution is 5.73. The molecule has 0 fully saturated rings. The van der Waals surface area contributed by atoms with Gasteiger partial charge in [-0.05, 0) is 18.9 Å². The minimum absolute atomic E-state index is 0.258. The Morgan fingerprint density at radius 3 is 2.67 bits per heavy atom. The molecule has 0 aliphatic heterocycles. The van der Waals surface area contributed by atoms with Crippen LogP contribution in [0, 0.1) is 5.92 Å². The normalized spacial score (nSPS) is 13.8. The zero-order chi connectivity index (χ0) is 11.7. The van der Waals surface area contributed by atoms with E-state index in [1.54, 1.807) is 13.8 Å². The van der Waals surface area contributed by atoms with E-state index < -0.39 is 0 Å². The van der Waals surface area contributed by atoms with E-state index in [9.17, 15) is 4.79 Å². The van der Waals surface area contributed by atoms with E-state index in [2.05, 4.69) is 16.9 Å². The molecule has 15 heavy (non-hydrogen) atoms. The van der Waals surface area contributed by atoms with Crippen molar-refractivity contribution in [3.8, 4) is 0 Å². The lowest BCUT2D eigenvalue weighted by molar-refractivity contribution is -0.148. The molecule has 0 unspecified atom stereocenters. The van der Waals surface area contributed by atoms with Gasteiger partial charge in [0, 0.05) is 11.0 Å². The van der Waals surface area contributed by atoms with E-state index in [0.717, 1.165) is 19.3 Å². The molecule has 0 saturated carbocycles. The second kappa shape index (κ2) is 8.12. The Morgan fingerprint density at radius 1 is 1.53 bits per heavy atom. The summed E-state index contributed by atoms with van der Waals surface area (Å²) in [5, 5.41) is 3.56. The van der Waals surface area contributed by atoms with Crippen LogP contribution in [0.2, 0.25) is 0 Å². The van der Waals surface area contributed by atoms with E-state index in [0.29, 0.717) is 6.61 Å². The summed E-state index contributed by atoms with van der Waals surface area (Å²) in [4.78, 5) is 14.3. The fourth-order valence-electron chi connectivity index (χ4n) is 1.39. The summed E-state index contributed by atoms with van der Waals surface area (Å²) in [7, 11) is 0. The molecule has 86 valence electrons. The molecule has 0 aromatic carbocycles. The molecule has 0 radical (unpaired) electrons. The van der Waals surface area contributed by atoms with E-state index in [4.69, 9.17) is 10.3 Å². The lowest BCUT2D eigenvalue weighted by Gasteiger charge is -2.18. The van der Waals surface area contributed by atoms with Crippen molar-refractivity contribution in [1.29, 1.82) is 0 Å². The quantitative estimate of drug-likeness (QED) is 0.282. The van der Waals surface area contributed by atoms with Crippen LogP contribution in [0.25, 0.3) is 10.4 Å². The maximum Gasteiger partial charge on any atom is 0.309 e. The van der Waals surface area contributed by atoms with Crippen LogP contribution in [-0.4, -0.2) is 18.6 Å². The van der Waals surface area contributed by atoms with Crippen LogP contribution in [0.3, 0.4) is 0 Å². The zero-order valence-corrected chi connectivity index (χ0v) is 9.64. The van der Waals surface area contributed by atoms with E-state index >= 15 is 0 Å². The van der Waals surface area contributed by atoms with Crippen molar-refractivity contribution in [2.24, 2.45) is 11.0 Å². The number of azide groups is 1. The number of unbranched alkanes of at least 4 members (excludes halogenated alkanes) is 1. The first-order chi connectivity index (χ1) is 7.17. The molecule has 5 heteroatoms. The fraction of sp³-hybridized carbons (Fsp3) is 0.900. The van der Waals surface area contributed by atoms with Gasteiger partial charge in [-0.3, -0.25) is 4.79 Å². The van der Waals surface area contributed by atoms with Crippen LogP contribution in [-0.2, 0) is 9.53 Å². The van der Waals surface area contributed by atoms with E-state index in [1.807, 2.05) is 0 Å². The molecular weight excluding hydrogens is 194 g/mol. The highest BCUT2D eigenvalue weighted by Gasteiger charge is 2.24. The van der Waals surface area contributed by atoms with Gasteiger partial charge in [0.05, 0.1) is 12.5 Å². The number of carbonyl (C=O) groups is 1. The number of carbonyl (C=O) groups excluding carboxylic acids is 1. The molecule has 0 aromatic heterocycles. The summed E-state index contributed by atoms with van der Waals surface area (Å²) < 4.78 is 4.95. The lowest BCUT2D eigenvalue weighted by Crippen LogP contribution is -2.26. The highest BCUT2D eigenvalue weighted by atomic mass is 16.5. The summed E-state index contributed by atoms with van der Waals surface area (Å²) in [6, 6.07) is -0.333. The first-order valence-corrected chi connectivity index (χ1v) is 5.38. The number of nitrogens with zero attached hydrogens (tertiary/aromatic N) is 3. The zero-order valence-electron chi connectivity index (χ0n) is 9.64. The van der Waals surface area contributed by atoms with Crippen molar-refractivity contribution < 1.29 is 9.53 Å². The topological polar surface area (TPSA) is 75.1 Å². The second-order valence-electron chi connectivity index (χ2n) is 3.45. The minimum atomic E-state index is -0.333.